The van der Waals surface area contributed by atoms with Gasteiger partial charge in [0.1, 0.15) is 11.6 Å². The maximum atomic E-state index is 12.9. The maximum absolute atomic E-state index is 12.9. The van der Waals surface area contributed by atoms with Gasteiger partial charge in [0.2, 0.25) is 0 Å². The van der Waals surface area contributed by atoms with E-state index in [9.17, 15) is 4.39 Å². The van der Waals surface area contributed by atoms with Crippen LogP contribution < -0.4 is 15.4 Å². The zero-order chi connectivity index (χ0) is 17.2. The van der Waals surface area contributed by atoms with Crippen molar-refractivity contribution in [2.75, 3.05) is 27.2 Å². The Morgan fingerprint density at radius 3 is 1.84 bits per heavy atom. The smallest absolute Gasteiger partial charge is 0.190 e. The fraction of sp³-hybridized carbons (Fsp3) is 0.316. The molecule has 0 heterocycles. The second kappa shape index (κ2) is 11.7. The number of guanidine groups is 1. The van der Waals surface area contributed by atoms with Gasteiger partial charge in [-0.1, -0.05) is 24.3 Å². The Morgan fingerprint density at radius 1 is 0.920 bits per heavy atom. The van der Waals surface area contributed by atoms with E-state index in [0.29, 0.717) is 0 Å². The molecule has 2 rings (SSSR count). The first-order valence-electron chi connectivity index (χ1n) is 8.03. The summed E-state index contributed by atoms with van der Waals surface area (Å²) in [6.07, 6.45) is 1.72. The van der Waals surface area contributed by atoms with Gasteiger partial charge in [-0.2, -0.15) is 0 Å². The van der Waals surface area contributed by atoms with Gasteiger partial charge in [-0.25, -0.2) is 4.39 Å². The fourth-order valence-electron chi connectivity index (χ4n) is 2.31. The van der Waals surface area contributed by atoms with Gasteiger partial charge in [-0.3, -0.25) is 4.99 Å². The van der Waals surface area contributed by atoms with Crippen LogP contribution in [0.2, 0.25) is 0 Å². The van der Waals surface area contributed by atoms with E-state index < -0.39 is 0 Å². The topological polar surface area (TPSA) is 45.7 Å². The lowest BCUT2D eigenvalue weighted by Gasteiger charge is -2.12. The molecule has 0 amide bonds. The summed E-state index contributed by atoms with van der Waals surface area (Å²) < 4.78 is 18.0. The van der Waals surface area contributed by atoms with Crippen molar-refractivity contribution in [3.05, 3.63) is 65.5 Å². The quantitative estimate of drug-likeness (QED) is 0.381. The Kier molecular flexibility index (Phi) is 9.91. The molecule has 0 atom stereocenters. The second-order valence-electron chi connectivity index (χ2n) is 5.40. The van der Waals surface area contributed by atoms with Gasteiger partial charge >= 0.3 is 0 Å². The summed E-state index contributed by atoms with van der Waals surface area (Å²) in [7, 11) is 3.42. The van der Waals surface area contributed by atoms with Crippen LogP contribution in [0.3, 0.4) is 0 Å². The first-order valence-corrected chi connectivity index (χ1v) is 8.03. The molecule has 0 saturated carbocycles. The number of nitrogens with zero attached hydrogens (tertiary/aromatic N) is 1. The molecule has 136 valence electrons. The molecule has 0 saturated heterocycles. The van der Waals surface area contributed by atoms with Crippen molar-refractivity contribution in [2.24, 2.45) is 4.99 Å². The standard InChI is InChI=1S/C19H24FN3O.HI/c1-21-19(22-13-11-15-3-7-17(20)8-4-15)23-14-12-16-5-9-18(24-2)10-6-16;/h3-10H,11-14H2,1-2H3,(H2,21,22,23);1H. The highest BCUT2D eigenvalue weighted by Crippen LogP contribution is 2.11. The number of aliphatic imine (C=N–C) groups is 1. The van der Waals surface area contributed by atoms with Crippen LogP contribution in [0.4, 0.5) is 4.39 Å². The van der Waals surface area contributed by atoms with Crippen LogP contribution in [0.15, 0.2) is 53.5 Å². The molecule has 0 aliphatic carbocycles. The molecule has 0 spiro atoms. The van der Waals surface area contributed by atoms with Crippen LogP contribution in [0.5, 0.6) is 5.75 Å². The molecule has 4 nitrogen and oxygen atoms in total. The molecular weight excluding hydrogens is 432 g/mol. The van der Waals surface area contributed by atoms with Crippen molar-refractivity contribution in [3.8, 4) is 5.75 Å². The van der Waals surface area contributed by atoms with Crippen molar-refractivity contribution in [2.45, 2.75) is 12.8 Å². The van der Waals surface area contributed by atoms with Crippen molar-refractivity contribution >= 4 is 29.9 Å². The number of methoxy groups -OCH3 is 1. The molecule has 0 fully saturated rings. The maximum Gasteiger partial charge on any atom is 0.190 e. The highest BCUT2D eigenvalue weighted by Gasteiger charge is 1.99. The van der Waals surface area contributed by atoms with E-state index in [1.807, 2.05) is 12.1 Å². The number of halogens is 2. The monoisotopic (exact) mass is 457 g/mol. The van der Waals surface area contributed by atoms with Crippen molar-refractivity contribution in [1.82, 2.24) is 10.6 Å². The summed E-state index contributed by atoms with van der Waals surface area (Å²) in [6.45, 7) is 1.54. The van der Waals surface area contributed by atoms with Crippen LogP contribution in [0.1, 0.15) is 11.1 Å². The molecule has 0 radical (unpaired) electrons. The van der Waals surface area contributed by atoms with E-state index in [1.165, 1.54) is 17.7 Å². The molecular formula is C19H25FIN3O. The average Bonchev–Trinajstić information content (AvgIpc) is 2.62. The summed E-state index contributed by atoms with van der Waals surface area (Å²) in [4.78, 5) is 4.21. The highest BCUT2D eigenvalue weighted by atomic mass is 127. The van der Waals surface area contributed by atoms with Crippen LogP contribution >= 0.6 is 24.0 Å². The number of ether oxygens (including phenoxy) is 1. The van der Waals surface area contributed by atoms with Gasteiger partial charge in [0, 0.05) is 20.1 Å². The SMILES string of the molecule is CN=C(NCCc1ccc(F)cc1)NCCc1ccc(OC)cc1.I. The molecule has 25 heavy (non-hydrogen) atoms. The third-order valence-electron chi connectivity index (χ3n) is 3.71. The van der Waals surface area contributed by atoms with Gasteiger partial charge in [0.05, 0.1) is 7.11 Å². The number of benzene rings is 2. The Hall–Kier alpha value is -1.83. The number of rotatable bonds is 7. The minimum atomic E-state index is -0.206. The lowest BCUT2D eigenvalue weighted by molar-refractivity contribution is 0.414. The van der Waals surface area contributed by atoms with Crippen molar-refractivity contribution < 1.29 is 9.13 Å². The number of hydrogen-bond acceptors (Lipinski definition) is 2. The van der Waals surface area contributed by atoms with E-state index in [1.54, 1.807) is 26.3 Å². The van der Waals surface area contributed by atoms with Gasteiger partial charge < -0.3 is 15.4 Å². The normalized spacial score (nSPS) is 10.8. The third-order valence-corrected chi connectivity index (χ3v) is 3.71. The van der Waals surface area contributed by atoms with Gasteiger partial charge in [0.15, 0.2) is 5.96 Å². The van der Waals surface area contributed by atoms with Crippen LogP contribution in [-0.2, 0) is 12.8 Å². The highest BCUT2D eigenvalue weighted by molar-refractivity contribution is 14.0. The molecule has 2 aromatic rings. The molecule has 0 bridgehead atoms. The predicted octanol–water partition coefficient (Wildman–Crippen LogP) is 3.40. The minimum Gasteiger partial charge on any atom is -0.497 e. The Labute approximate surface area is 165 Å². The van der Waals surface area contributed by atoms with E-state index in [0.717, 1.165) is 43.2 Å². The summed E-state index contributed by atoms with van der Waals surface area (Å²) in [6, 6.07) is 14.6. The van der Waals surface area contributed by atoms with Crippen molar-refractivity contribution in [1.29, 1.82) is 0 Å². The predicted molar refractivity (Wildman–Crippen MR) is 112 cm³/mol. The van der Waals surface area contributed by atoms with Crippen LogP contribution in [-0.4, -0.2) is 33.2 Å². The third kappa shape index (κ3) is 7.72. The minimum absolute atomic E-state index is 0. The molecule has 2 aromatic carbocycles. The Bertz CT molecular complexity index is 645. The molecule has 0 aromatic heterocycles. The zero-order valence-corrected chi connectivity index (χ0v) is 16.9. The lowest BCUT2D eigenvalue weighted by Crippen LogP contribution is -2.39. The second-order valence-corrected chi connectivity index (χ2v) is 5.40. The van der Waals surface area contributed by atoms with E-state index >= 15 is 0 Å². The lowest BCUT2D eigenvalue weighted by atomic mass is 10.1. The molecule has 6 heteroatoms. The zero-order valence-electron chi connectivity index (χ0n) is 14.6. The Balaban J connectivity index is 0.00000312. The van der Waals surface area contributed by atoms with Crippen molar-refractivity contribution in [3.63, 3.8) is 0 Å². The number of nitrogens with one attached hydrogen (secondary N) is 2. The van der Waals surface area contributed by atoms with Gasteiger partial charge in [-0.05, 0) is 48.2 Å². The van der Waals surface area contributed by atoms with Crippen LogP contribution in [0.25, 0.3) is 0 Å². The summed E-state index contributed by atoms with van der Waals surface area (Å²) >= 11 is 0. The van der Waals surface area contributed by atoms with Crippen LogP contribution in [0, 0.1) is 5.82 Å². The fourth-order valence-corrected chi connectivity index (χ4v) is 2.31. The first kappa shape index (κ1) is 21.2. The summed E-state index contributed by atoms with van der Waals surface area (Å²) in [5.74, 6) is 1.43. The average molecular weight is 457 g/mol. The molecule has 2 N–H and O–H groups in total. The van der Waals surface area contributed by atoms with E-state index in [2.05, 4.69) is 27.8 Å². The molecule has 0 unspecified atom stereocenters. The largest absolute Gasteiger partial charge is 0.497 e. The van der Waals surface area contributed by atoms with E-state index in [4.69, 9.17) is 4.74 Å². The number of hydrogen-bond donors (Lipinski definition) is 2. The van der Waals surface area contributed by atoms with Gasteiger partial charge in [-0.15, -0.1) is 24.0 Å². The molecule has 0 aliphatic rings. The first-order chi connectivity index (χ1) is 11.7. The summed E-state index contributed by atoms with van der Waals surface area (Å²) in [5.41, 5.74) is 2.34. The van der Waals surface area contributed by atoms with E-state index in [-0.39, 0.29) is 29.8 Å². The Morgan fingerprint density at radius 2 is 1.40 bits per heavy atom. The van der Waals surface area contributed by atoms with Gasteiger partial charge in [0.25, 0.3) is 0 Å². The molecule has 0 aliphatic heterocycles. The summed E-state index contributed by atoms with van der Waals surface area (Å²) in [5, 5.41) is 6.55.